The van der Waals surface area contributed by atoms with Gasteiger partial charge in [-0.15, -0.1) is 0 Å². The first kappa shape index (κ1) is 63.1. The lowest BCUT2D eigenvalue weighted by Gasteiger charge is -2.32. The molecule has 414 valence electrons. The van der Waals surface area contributed by atoms with Crippen molar-refractivity contribution in [3.63, 3.8) is 0 Å². The number of aliphatic imine (C=N–C) groups is 1. The number of nitrogens with zero attached hydrogens (tertiary/aromatic N) is 1. The van der Waals surface area contributed by atoms with Crippen LogP contribution in [-0.4, -0.2) is 172 Å². The third-order valence-corrected chi connectivity index (χ3v) is 11.9. The van der Waals surface area contributed by atoms with E-state index < -0.39 is 157 Å². The molecule has 13 atom stereocenters. The van der Waals surface area contributed by atoms with Crippen LogP contribution in [0.3, 0.4) is 0 Å². The smallest absolute Gasteiger partial charge is 0.248 e. The standard InChI is InChI=1S/C46H76N14O14/c1-8-22(6)30-43(72)58-31(23(7)62)42(71)52-18-28(63)56-34(36(65)37(48)66)45(74)55-27(19-61)40(69)59-32(24-13-10-9-11-14-24)29(47)41(70)60-33(35(64)21(4)5)44(73)54-26(17-20(2)3)39(68)53-25(38(67)57-30)15-12-16-51-46(49)50/h9-11,13-14,20-23,25-27,29-36,61-62,64-65H,8,12,15-19,47H2,1-7H3,(H2,48,66)(H,52,71)(H,53,68)(H,54,73)(H,55,74)(H,56,63)(H,57,67)(H,58,72)(H,59,69)(H,60,70)(H4,49,50,51)/t22-,23-,25+,26-,27-,29-,30-,31-,32+,33-,34-,35+,36-/m0/s1. The Hall–Kier alpha value is -7.01. The van der Waals surface area contributed by atoms with Gasteiger partial charge in [0.05, 0.1) is 31.4 Å². The summed E-state index contributed by atoms with van der Waals surface area (Å²) >= 11 is 0. The highest BCUT2D eigenvalue weighted by Gasteiger charge is 2.40. The minimum absolute atomic E-state index is 0.000365. The minimum Gasteiger partial charge on any atom is -0.394 e. The van der Waals surface area contributed by atoms with Crippen molar-refractivity contribution in [3.8, 4) is 0 Å². The highest BCUT2D eigenvalue weighted by Crippen LogP contribution is 2.19. The highest BCUT2D eigenvalue weighted by molar-refractivity contribution is 5.99. The largest absolute Gasteiger partial charge is 0.394 e. The van der Waals surface area contributed by atoms with Crippen LogP contribution in [0.15, 0.2) is 35.3 Å². The second-order valence-electron chi connectivity index (χ2n) is 18.8. The summed E-state index contributed by atoms with van der Waals surface area (Å²) in [6.07, 6.45) is -5.56. The number of benzene rings is 1. The Kier molecular flexibility index (Phi) is 25.8. The highest BCUT2D eigenvalue weighted by atomic mass is 16.3. The molecule has 2 rings (SSSR count). The third kappa shape index (κ3) is 19.4. The molecule has 0 saturated carbocycles. The number of hydrogen-bond donors (Lipinski definition) is 17. The number of aliphatic hydroxyl groups excluding tert-OH is 4. The second kappa shape index (κ2) is 30.2. The van der Waals surface area contributed by atoms with Crippen LogP contribution in [0, 0.1) is 17.8 Å². The zero-order valence-electron chi connectivity index (χ0n) is 42.6. The number of primary amides is 1. The van der Waals surface area contributed by atoms with Gasteiger partial charge in [0.1, 0.15) is 48.3 Å². The SMILES string of the molecule is CC[C@H](C)[C@@H]1NC(=O)[C@@H](CCCN=C(N)N)NC(=O)[C@H](CC(C)C)NC(=O)[C@H]([C@H](O)C(C)C)NC(=O)[C@@H](N)[C@@H](c2ccccc2)NC(=O)[C@H](CO)NC(=O)[C@H]([C@H](O)C(N)=O)NC(=O)CNC(=O)[C@H]([C@H](C)O)NC1=O. The number of aliphatic hydroxyl groups is 4. The zero-order chi connectivity index (χ0) is 56.1. The number of carbonyl (C=O) groups is 10. The molecule has 0 radical (unpaired) electrons. The first-order valence-corrected chi connectivity index (χ1v) is 24.1. The molecule has 10 amide bonds. The fourth-order valence-electron chi connectivity index (χ4n) is 7.41. The lowest BCUT2D eigenvalue weighted by atomic mass is 9.95. The first-order chi connectivity index (χ1) is 34.6. The lowest BCUT2D eigenvalue weighted by Crippen LogP contribution is -2.64. The summed E-state index contributed by atoms with van der Waals surface area (Å²) in [6, 6.07) is -7.88. The van der Waals surface area contributed by atoms with Crippen molar-refractivity contribution in [1.29, 1.82) is 0 Å². The third-order valence-electron chi connectivity index (χ3n) is 11.9. The van der Waals surface area contributed by atoms with E-state index in [2.05, 4.69) is 47.5 Å². The Bertz CT molecular complexity index is 2140. The number of amides is 10. The molecule has 0 aliphatic carbocycles. The van der Waals surface area contributed by atoms with Crippen LogP contribution in [0.2, 0.25) is 0 Å². The molecule has 0 spiro atoms. The van der Waals surface area contributed by atoms with Gasteiger partial charge in [0.2, 0.25) is 59.1 Å². The molecule has 21 N–H and O–H groups in total. The Morgan fingerprint density at radius 3 is 1.72 bits per heavy atom. The van der Waals surface area contributed by atoms with E-state index in [9.17, 15) is 68.4 Å². The molecule has 1 aliphatic rings. The fraction of sp³-hybridized carbons (Fsp3) is 0.630. The number of nitrogens with one attached hydrogen (secondary N) is 9. The van der Waals surface area contributed by atoms with Gasteiger partial charge in [0.15, 0.2) is 12.1 Å². The normalized spacial score (nSPS) is 26.6. The van der Waals surface area contributed by atoms with Crippen LogP contribution in [0.25, 0.3) is 0 Å². The van der Waals surface area contributed by atoms with Gasteiger partial charge in [-0.25, -0.2) is 0 Å². The zero-order valence-corrected chi connectivity index (χ0v) is 42.6. The summed E-state index contributed by atoms with van der Waals surface area (Å²) < 4.78 is 0. The topological polar surface area (TPSA) is 476 Å². The minimum atomic E-state index is -2.47. The van der Waals surface area contributed by atoms with Gasteiger partial charge < -0.3 is 91.2 Å². The average molecular weight is 1050 g/mol. The second-order valence-corrected chi connectivity index (χ2v) is 18.8. The molecule has 0 aromatic heterocycles. The van der Waals surface area contributed by atoms with Crippen molar-refractivity contribution >= 4 is 65.0 Å². The van der Waals surface area contributed by atoms with E-state index in [-0.39, 0.29) is 49.7 Å². The average Bonchev–Trinajstić information content (AvgIpc) is 3.34. The quantitative estimate of drug-likeness (QED) is 0.0441. The molecule has 1 aliphatic heterocycles. The first-order valence-electron chi connectivity index (χ1n) is 24.1. The predicted molar refractivity (Wildman–Crippen MR) is 265 cm³/mol. The van der Waals surface area contributed by atoms with Gasteiger partial charge in [0, 0.05) is 6.54 Å². The van der Waals surface area contributed by atoms with Crippen molar-refractivity contribution < 1.29 is 68.4 Å². The van der Waals surface area contributed by atoms with E-state index >= 15 is 0 Å². The van der Waals surface area contributed by atoms with Gasteiger partial charge >= 0.3 is 0 Å². The maximum Gasteiger partial charge on any atom is 0.248 e. The molecule has 28 nitrogen and oxygen atoms in total. The monoisotopic (exact) mass is 1050 g/mol. The van der Waals surface area contributed by atoms with Crippen molar-refractivity contribution in [1.82, 2.24) is 47.9 Å². The van der Waals surface area contributed by atoms with E-state index in [0.717, 1.165) is 6.92 Å². The number of guanidine groups is 1. The van der Waals surface area contributed by atoms with Gasteiger partial charge in [-0.05, 0) is 49.5 Å². The molecule has 0 unspecified atom stereocenters. The summed E-state index contributed by atoms with van der Waals surface area (Å²) in [7, 11) is 0. The Morgan fingerprint density at radius 2 is 1.18 bits per heavy atom. The van der Waals surface area contributed by atoms with Gasteiger partial charge in [0.25, 0.3) is 0 Å². The van der Waals surface area contributed by atoms with Gasteiger partial charge in [-0.1, -0.05) is 78.3 Å². The predicted octanol–water partition coefficient (Wildman–Crippen LogP) is -6.92. The van der Waals surface area contributed by atoms with E-state index in [1.807, 2.05) is 5.32 Å². The van der Waals surface area contributed by atoms with Crippen LogP contribution in [-0.2, 0) is 47.9 Å². The Labute approximate surface area is 428 Å². The summed E-state index contributed by atoms with van der Waals surface area (Å²) in [4.78, 5) is 141. The maximum atomic E-state index is 14.3. The van der Waals surface area contributed by atoms with Crippen molar-refractivity contribution in [2.75, 3.05) is 19.7 Å². The summed E-state index contributed by atoms with van der Waals surface area (Å²) in [5.41, 5.74) is 22.9. The summed E-state index contributed by atoms with van der Waals surface area (Å²) in [5, 5.41) is 64.2. The van der Waals surface area contributed by atoms with Crippen molar-refractivity contribution in [2.24, 2.45) is 45.7 Å². The van der Waals surface area contributed by atoms with Gasteiger partial charge in [-0.3, -0.25) is 52.9 Å². The molecule has 74 heavy (non-hydrogen) atoms. The molecule has 1 aromatic carbocycles. The molecule has 28 heteroatoms. The maximum absolute atomic E-state index is 14.3. The molecular formula is C46H76N14O14. The molecule has 1 saturated heterocycles. The molecule has 1 heterocycles. The molecule has 1 aromatic rings. The molecule has 1 fully saturated rings. The lowest BCUT2D eigenvalue weighted by molar-refractivity contribution is -0.140. The van der Waals surface area contributed by atoms with E-state index in [1.54, 1.807) is 33.8 Å². The van der Waals surface area contributed by atoms with Crippen LogP contribution in [0.4, 0.5) is 0 Å². The number of rotatable bonds is 15. The summed E-state index contributed by atoms with van der Waals surface area (Å²) in [5.74, 6) is -13.5. The number of nitrogens with two attached hydrogens (primary N) is 4. The van der Waals surface area contributed by atoms with E-state index in [4.69, 9.17) is 22.9 Å². The Morgan fingerprint density at radius 1 is 0.649 bits per heavy atom. The van der Waals surface area contributed by atoms with E-state index in [0.29, 0.717) is 0 Å². The van der Waals surface area contributed by atoms with E-state index in [1.165, 1.54) is 38.1 Å². The molecule has 0 bridgehead atoms. The van der Waals surface area contributed by atoms with Crippen LogP contribution in [0.1, 0.15) is 85.8 Å². The molecular weight excluding hydrogens is 973 g/mol. The van der Waals surface area contributed by atoms with Gasteiger partial charge in [-0.2, -0.15) is 0 Å². The summed E-state index contributed by atoms with van der Waals surface area (Å²) in [6.45, 7) is 8.77. The fourth-order valence-corrected chi connectivity index (χ4v) is 7.41. The van der Waals surface area contributed by atoms with Crippen LogP contribution < -0.4 is 70.8 Å². The van der Waals surface area contributed by atoms with Crippen molar-refractivity contribution in [3.05, 3.63) is 35.9 Å². The Balaban J connectivity index is 2.85. The van der Waals surface area contributed by atoms with Crippen LogP contribution >= 0.6 is 0 Å². The van der Waals surface area contributed by atoms with Crippen molar-refractivity contribution in [2.45, 2.75) is 147 Å². The number of carbonyl (C=O) groups excluding carboxylic acids is 10. The number of hydrogen-bond acceptors (Lipinski definition) is 16. The van der Waals surface area contributed by atoms with Crippen LogP contribution in [0.5, 0.6) is 0 Å².